The SMILES string of the molecule is Cc1cc2nc3s/c(=C\c4ccc(O)c(Cl)c4)c(=O)n3c2cc1C. The number of phenolic OH excluding ortho intramolecular Hbond substituents is 1. The van der Waals surface area contributed by atoms with Crippen molar-refractivity contribution < 1.29 is 5.11 Å². The molecule has 0 amide bonds. The number of hydrogen-bond donors (Lipinski definition) is 1. The fourth-order valence-corrected chi connectivity index (χ4v) is 3.86. The third-order valence-electron chi connectivity index (χ3n) is 4.12. The molecule has 0 unspecified atom stereocenters. The highest BCUT2D eigenvalue weighted by molar-refractivity contribution is 7.15. The molecule has 120 valence electrons. The Morgan fingerprint density at radius 2 is 1.96 bits per heavy atom. The Morgan fingerprint density at radius 1 is 1.21 bits per heavy atom. The van der Waals surface area contributed by atoms with Gasteiger partial charge in [0, 0.05) is 0 Å². The van der Waals surface area contributed by atoms with Gasteiger partial charge in [0.1, 0.15) is 5.75 Å². The summed E-state index contributed by atoms with van der Waals surface area (Å²) in [6, 6.07) is 8.87. The minimum atomic E-state index is -0.0926. The van der Waals surface area contributed by atoms with Gasteiger partial charge in [-0.15, -0.1) is 0 Å². The number of hydrogen-bond acceptors (Lipinski definition) is 4. The Bertz CT molecular complexity index is 1220. The van der Waals surface area contributed by atoms with E-state index in [2.05, 4.69) is 4.98 Å². The van der Waals surface area contributed by atoms with Gasteiger partial charge in [0.15, 0.2) is 4.96 Å². The largest absolute Gasteiger partial charge is 0.506 e. The summed E-state index contributed by atoms with van der Waals surface area (Å²) in [5.41, 5.74) is 4.62. The van der Waals surface area contributed by atoms with Crippen molar-refractivity contribution in [3.05, 3.63) is 66.9 Å². The summed E-state index contributed by atoms with van der Waals surface area (Å²) in [6.07, 6.45) is 1.76. The van der Waals surface area contributed by atoms with Gasteiger partial charge in [-0.05, 0) is 60.9 Å². The number of thiazole rings is 1. The zero-order chi connectivity index (χ0) is 17.0. The molecule has 0 radical (unpaired) electrons. The van der Waals surface area contributed by atoms with E-state index in [1.165, 1.54) is 17.4 Å². The molecule has 6 heteroatoms. The Labute approximate surface area is 146 Å². The van der Waals surface area contributed by atoms with Gasteiger partial charge in [-0.25, -0.2) is 9.38 Å². The van der Waals surface area contributed by atoms with Crippen molar-refractivity contribution in [2.45, 2.75) is 13.8 Å². The molecule has 4 nitrogen and oxygen atoms in total. The van der Waals surface area contributed by atoms with Gasteiger partial charge in [-0.1, -0.05) is 29.0 Å². The van der Waals surface area contributed by atoms with Gasteiger partial charge < -0.3 is 5.11 Å². The monoisotopic (exact) mass is 356 g/mol. The van der Waals surface area contributed by atoms with Crippen LogP contribution >= 0.6 is 22.9 Å². The molecule has 0 fully saturated rings. The molecular formula is C18H13ClN2O2S. The third kappa shape index (κ3) is 2.28. The summed E-state index contributed by atoms with van der Waals surface area (Å²) >= 11 is 7.27. The van der Waals surface area contributed by atoms with Gasteiger partial charge in [0.2, 0.25) is 0 Å². The van der Waals surface area contributed by atoms with Crippen LogP contribution in [0.15, 0.2) is 35.1 Å². The molecule has 1 N–H and O–H groups in total. The maximum absolute atomic E-state index is 12.8. The van der Waals surface area contributed by atoms with Crippen LogP contribution in [0.4, 0.5) is 0 Å². The van der Waals surface area contributed by atoms with E-state index in [0.29, 0.717) is 9.49 Å². The quantitative estimate of drug-likeness (QED) is 0.568. The molecular weight excluding hydrogens is 344 g/mol. The molecule has 4 rings (SSSR count). The summed E-state index contributed by atoms with van der Waals surface area (Å²) in [5.74, 6) is 0.0222. The second-order valence-electron chi connectivity index (χ2n) is 5.78. The highest BCUT2D eigenvalue weighted by Gasteiger charge is 2.12. The molecule has 24 heavy (non-hydrogen) atoms. The summed E-state index contributed by atoms with van der Waals surface area (Å²) < 4.78 is 2.24. The number of aryl methyl sites for hydroxylation is 2. The van der Waals surface area contributed by atoms with Crippen LogP contribution in [-0.4, -0.2) is 14.5 Å². The summed E-state index contributed by atoms with van der Waals surface area (Å²) in [6.45, 7) is 4.06. The molecule has 0 saturated carbocycles. The van der Waals surface area contributed by atoms with E-state index in [-0.39, 0.29) is 16.3 Å². The van der Waals surface area contributed by atoms with Crippen LogP contribution in [0.25, 0.3) is 22.1 Å². The van der Waals surface area contributed by atoms with Crippen molar-refractivity contribution in [2.24, 2.45) is 0 Å². The number of imidazole rings is 1. The van der Waals surface area contributed by atoms with E-state index in [1.54, 1.807) is 22.6 Å². The summed E-state index contributed by atoms with van der Waals surface area (Å²) in [7, 11) is 0. The maximum Gasteiger partial charge on any atom is 0.274 e. The molecule has 0 bridgehead atoms. The number of halogens is 1. The van der Waals surface area contributed by atoms with Crippen LogP contribution in [0.3, 0.4) is 0 Å². The molecule has 0 saturated heterocycles. The number of benzene rings is 2. The highest BCUT2D eigenvalue weighted by Crippen LogP contribution is 2.24. The lowest BCUT2D eigenvalue weighted by Gasteiger charge is -1.98. The lowest BCUT2D eigenvalue weighted by Crippen LogP contribution is -2.22. The van der Waals surface area contributed by atoms with E-state index in [1.807, 2.05) is 26.0 Å². The Hall–Kier alpha value is -2.37. The lowest BCUT2D eigenvalue weighted by molar-refractivity contribution is 0.475. The Morgan fingerprint density at radius 3 is 2.71 bits per heavy atom. The first kappa shape index (κ1) is 15.2. The standard InChI is InChI=1S/C18H13ClN2O2S/c1-9-5-13-14(6-10(9)2)21-17(23)16(24-18(21)20-13)8-11-3-4-15(22)12(19)7-11/h3-8,22H,1-2H3/b16-8-. The summed E-state index contributed by atoms with van der Waals surface area (Å²) in [4.78, 5) is 18.0. The first-order chi connectivity index (χ1) is 11.4. The zero-order valence-corrected chi connectivity index (χ0v) is 14.6. The fraction of sp³-hybridized carbons (Fsp3) is 0.111. The van der Waals surface area contributed by atoms with Crippen LogP contribution in [0.2, 0.25) is 5.02 Å². The Kier molecular flexibility index (Phi) is 3.37. The van der Waals surface area contributed by atoms with E-state index in [0.717, 1.165) is 27.7 Å². The van der Waals surface area contributed by atoms with E-state index < -0.39 is 0 Å². The van der Waals surface area contributed by atoms with Gasteiger partial charge >= 0.3 is 0 Å². The zero-order valence-electron chi connectivity index (χ0n) is 13.0. The second-order valence-corrected chi connectivity index (χ2v) is 7.20. The van der Waals surface area contributed by atoms with E-state index >= 15 is 0 Å². The third-order valence-corrected chi connectivity index (χ3v) is 5.40. The average Bonchev–Trinajstić information content (AvgIpc) is 3.01. The number of rotatable bonds is 1. The summed E-state index contributed by atoms with van der Waals surface area (Å²) in [5, 5.41) is 9.75. The van der Waals surface area contributed by atoms with Crippen LogP contribution < -0.4 is 10.1 Å². The van der Waals surface area contributed by atoms with Crippen molar-refractivity contribution in [2.75, 3.05) is 0 Å². The topological polar surface area (TPSA) is 54.6 Å². The number of fused-ring (bicyclic) bond motifs is 3. The number of aromatic hydroxyl groups is 1. The van der Waals surface area contributed by atoms with Gasteiger partial charge in [-0.3, -0.25) is 4.79 Å². The fourth-order valence-electron chi connectivity index (χ4n) is 2.68. The highest BCUT2D eigenvalue weighted by atomic mass is 35.5. The van der Waals surface area contributed by atoms with Crippen molar-refractivity contribution in [3.8, 4) is 5.75 Å². The predicted molar refractivity (Wildman–Crippen MR) is 98.2 cm³/mol. The molecule has 0 aliphatic carbocycles. The molecule has 0 aliphatic heterocycles. The number of phenols is 1. The van der Waals surface area contributed by atoms with E-state index in [4.69, 9.17) is 11.6 Å². The van der Waals surface area contributed by atoms with Crippen LogP contribution in [0, 0.1) is 13.8 Å². The average molecular weight is 357 g/mol. The smallest absolute Gasteiger partial charge is 0.274 e. The Balaban J connectivity index is 1.99. The minimum Gasteiger partial charge on any atom is -0.506 e. The van der Waals surface area contributed by atoms with Crippen LogP contribution in [-0.2, 0) is 0 Å². The van der Waals surface area contributed by atoms with Gasteiger partial charge in [-0.2, -0.15) is 0 Å². The normalized spacial score (nSPS) is 12.5. The molecule has 0 aliphatic rings. The van der Waals surface area contributed by atoms with E-state index in [9.17, 15) is 9.90 Å². The van der Waals surface area contributed by atoms with Crippen molar-refractivity contribution in [3.63, 3.8) is 0 Å². The maximum atomic E-state index is 12.8. The predicted octanol–water partition coefficient (Wildman–Crippen LogP) is 3.43. The van der Waals surface area contributed by atoms with Crippen LogP contribution in [0.5, 0.6) is 5.75 Å². The number of aromatic nitrogens is 2. The lowest BCUT2D eigenvalue weighted by atomic mass is 10.1. The number of nitrogens with zero attached hydrogens (tertiary/aromatic N) is 2. The molecule has 2 aromatic heterocycles. The van der Waals surface area contributed by atoms with Gasteiger partial charge in [0.25, 0.3) is 5.56 Å². The molecule has 0 spiro atoms. The van der Waals surface area contributed by atoms with Crippen molar-refractivity contribution in [1.29, 1.82) is 0 Å². The van der Waals surface area contributed by atoms with Crippen LogP contribution in [0.1, 0.15) is 16.7 Å². The van der Waals surface area contributed by atoms with Crippen molar-refractivity contribution in [1.82, 2.24) is 9.38 Å². The second kappa shape index (κ2) is 5.33. The first-order valence-corrected chi connectivity index (χ1v) is 8.56. The molecule has 4 aromatic rings. The van der Waals surface area contributed by atoms with Gasteiger partial charge in [0.05, 0.1) is 20.6 Å². The molecule has 0 atom stereocenters. The van der Waals surface area contributed by atoms with Crippen molar-refractivity contribution >= 4 is 45.0 Å². The molecule has 2 heterocycles. The first-order valence-electron chi connectivity index (χ1n) is 7.36. The minimum absolute atomic E-state index is 0.0222. The molecule has 2 aromatic carbocycles.